The summed E-state index contributed by atoms with van der Waals surface area (Å²) in [6.45, 7) is 7.70. The molecule has 7 atom stereocenters. The first kappa shape index (κ1) is 45.7. The highest BCUT2D eigenvalue weighted by molar-refractivity contribution is 5.97. The number of benzene rings is 1. The lowest BCUT2D eigenvalue weighted by atomic mass is 9.96. The molecule has 19 heteroatoms. The number of imidazole rings is 1. The molecule has 0 aliphatic carbocycles. The lowest BCUT2D eigenvalue weighted by Gasteiger charge is -2.31. The molecule has 1 aromatic carbocycles. The first-order valence-corrected chi connectivity index (χ1v) is 19.3. The minimum absolute atomic E-state index is 0.00420. The zero-order valence-corrected chi connectivity index (χ0v) is 33.1. The number of hydrogen-bond acceptors (Lipinski definition) is 10. The number of phenols is 1. The summed E-state index contributed by atoms with van der Waals surface area (Å²) in [4.78, 5) is 93.2. The second-order valence-electron chi connectivity index (χ2n) is 14.9. The molecule has 0 radical (unpaired) electrons. The van der Waals surface area contributed by atoms with Gasteiger partial charge in [0.15, 0.2) is 5.96 Å². The van der Waals surface area contributed by atoms with Gasteiger partial charge in [-0.05, 0) is 61.6 Å². The SMILES string of the molecule is CC[C@H](C)[C@H](NC(=O)[C@H](Cc1ccc(O)cc1)NC(=O)[C@@H]1CCCN1C(=O)[C@H](Cc1cnc[nH]1)NC(=O)[C@@H](N)CCCN=C(N)N)C(=O)N[C@@H](CC(C)C)C(=O)O. The lowest BCUT2D eigenvalue weighted by Crippen LogP contribution is -2.60. The molecule has 0 spiro atoms. The molecule has 0 bridgehead atoms. The van der Waals surface area contributed by atoms with Crippen LogP contribution in [0.5, 0.6) is 5.75 Å². The number of aromatic nitrogens is 2. The standard InChI is InChI=1S/C38H59N11O8/c1-5-22(4)31(35(54)47-29(37(56)57)16-21(2)3)48-33(52)27(17-23-10-12-25(50)13-11-23)45-34(53)30-9-7-15-49(30)36(55)28(18-24-19-42-20-44-24)46-32(51)26(39)8-6-14-43-38(40)41/h10-13,19-22,26-31,50H,5-9,14-18,39H2,1-4H3,(H,42,44)(H,45,53)(H,46,51)(H,47,54)(H,48,52)(H,56,57)(H4,40,41,43)/t22-,26-,27-,28-,29-,30-,31-/m0/s1. The first-order valence-electron chi connectivity index (χ1n) is 19.3. The van der Waals surface area contributed by atoms with E-state index >= 15 is 0 Å². The number of phenolic OH excluding ortho intramolecular Hbond substituents is 1. The fourth-order valence-corrected chi connectivity index (χ4v) is 6.50. The molecule has 2 aromatic rings. The highest BCUT2D eigenvalue weighted by atomic mass is 16.4. The molecule has 1 saturated heterocycles. The van der Waals surface area contributed by atoms with Gasteiger partial charge >= 0.3 is 5.97 Å². The van der Waals surface area contributed by atoms with Crippen LogP contribution in [0.4, 0.5) is 0 Å². The Morgan fingerprint density at radius 3 is 2.23 bits per heavy atom. The molecule has 57 heavy (non-hydrogen) atoms. The van der Waals surface area contributed by atoms with Gasteiger partial charge in [0.05, 0.1) is 12.4 Å². The third-order valence-electron chi connectivity index (χ3n) is 9.86. The number of aromatic amines is 1. The summed E-state index contributed by atoms with van der Waals surface area (Å²) in [6.07, 6.45) is 4.97. The number of H-pyrrole nitrogens is 1. The molecular formula is C38H59N11O8. The van der Waals surface area contributed by atoms with Gasteiger partial charge in [-0.25, -0.2) is 9.78 Å². The van der Waals surface area contributed by atoms with Gasteiger partial charge in [0.2, 0.25) is 29.5 Å². The van der Waals surface area contributed by atoms with Crippen LogP contribution in [-0.4, -0.2) is 116 Å². The van der Waals surface area contributed by atoms with E-state index in [0.717, 1.165) is 0 Å². The number of carboxylic acid groups (broad SMARTS) is 1. The molecule has 19 nitrogen and oxygen atoms in total. The van der Waals surface area contributed by atoms with Crippen molar-refractivity contribution in [2.45, 2.75) is 115 Å². The van der Waals surface area contributed by atoms with E-state index in [-0.39, 0.29) is 62.8 Å². The molecule has 0 saturated carbocycles. The summed E-state index contributed by atoms with van der Waals surface area (Å²) in [5, 5.41) is 30.4. The Morgan fingerprint density at radius 2 is 1.63 bits per heavy atom. The van der Waals surface area contributed by atoms with Crippen LogP contribution in [0.2, 0.25) is 0 Å². The van der Waals surface area contributed by atoms with Crippen molar-refractivity contribution in [3.8, 4) is 5.75 Å². The van der Waals surface area contributed by atoms with Crippen LogP contribution < -0.4 is 38.5 Å². The van der Waals surface area contributed by atoms with Crippen molar-refractivity contribution in [2.75, 3.05) is 13.1 Å². The number of hydrogen-bond donors (Lipinski definition) is 10. The van der Waals surface area contributed by atoms with Crippen LogP contribution in [0.1, 0.15) is 77.5 Å². The van der Waals surface area contributed by atoms with E-state index in [1.807, 2.05) is 20.8 Å². The minimum atomic E-state index is -1.25. The van der Waals surface area contributed by atoms with Crippen LogP contribution in [0.3, 0.4) is 0 Å². The molecule has 1 aromatic heterocycles. The number of carboxylic acids is 1. The van der Waals surface area contributed by atoms with E-state index in [1.54, 1.807) is 19.1 Å². The third-order valence-corrected chi connectivity index (χ3v) is 9.86. The maximum absolute atomic E-state index is 14.2. The first-order chi connectivity index (χ1) is 27.0. The Bertz CT molecular complexity index is 1680. The Labute approximate surface area is 332 Å². The average molecular weight is 798 g/mol. The predicted molar refractivity (Wildman–Crippen MR) is 211 cm³/mol. The zero-order valence-electron chi connectivity index (χ0n) is 33.1. The van der Waals surface area contributed by atoms with Crippen molar-refractivity contribution < 1.29 is 39.0 Å². The summed E-state index contributed by atoms with van der Waals surface area (Å²) < 4.78 is 0. The van der Waals surface area contributed by atoms with Crippen LogP contribution >= 0.6 is 0 Å². The molecule has 1 aliphatic heterocycles. The fraction of sp³-hybridized carbons (Fsp3) is 0.579. The van der Waals surface area contributed by atoms with Crippen LogP contribution in [0.15, 0.2) is 41.8 Å². The highest BCUT2D eigenvalue weighted by Crippen LogP contribution is 2.21. The van der Waals surface area contributed by atoms with E-state index in [4.69, 9.17) is 17.2 Å². The smallest absolute Gasteiger partial charge is 0.326 e. The van der Waals surface area contributed by atoms with Crippen molar-refractivity contribution in [1.29, 1.82) is 0 Å². The van der Waals surface area contributed by atoms with Gasteiger partial charge < -0.3 is 58.6 Å². The highest BCUT2D eigenvalue weighted by Gasteiger charge is 2.40. The van der Waals surface area contributed by atoms with Gasteiger partial charge in [-0.2, -0.15) is 0 Å². The molecule has 1 aliphatic rings. The van der Waals surface area contributed by atoms with Gasteiger partial charge in [0, 0.05) is 37.8 Å². The maximum Gasteiger partial charge on any atom is 0.326 e. The summed E-state index contributed by atoms with van der Waals surface area (Å²) in [7, 11) is 0. The molecule has 13 N–H and O–H groups in total. The van der Waals surface area contributed by atoms with Crippen molar-refractivity contribution in [3.63, 3.8) is 0 Å². The Kier molecular flexibility index (Phi) is 17.7. The quantitative estimate of drug-likeness (QED) is 0.0405. The van der Waals surface area contributed by atoms with Crippen molar-refractivity contribution in [2.24, 2.45) is 34.0 Å². The van der Waals surface area contributed by atoms with E-state index in [2.05, 4.69) is 36.2 Å². The number of carbonyl (C=O) groups is 6. The number of carbonyl (C=O) groups excluding carboxylic acids is 5. The molecule has 0 unspecified atom stereocenters. The average Bonchev–Trinajstić information content (AvgIpc) is 3.87. The molecule has 314 valence electrons. The number of aromatic hydroxyl groups is 1. The van der Waals surface area contributed by atoms with Gasteiger partial charge in [-0.15, -0.1) is 0 Å². The Hall–Kier alpha value is -5.72. The van der Waals surface area contributed by atoms with E-state index in [1.165, 1.54) is 29.6 Å². The summed E-state index contributed by atoms with van der Waals surface area (Å²) >= 11 is 0. The molecule has 2 heterocycles. The second-order valence-corrected chi connectivity index (χ2v) is 14.9. The van der Waals surface area contributed by atoms with Gasteiger partial charge in [0.1, 0.15) is 36.0 Å². The second kappa shape index (κ2) is 22.1. The normalized spacial score (nSPS) is 17.0. The lowest BCUT2D eigenvalue weighted by molar-refractivity contribution is -0.143. The van der Waals surface area contributed by atoms with Gasteiger partial charge in [-0.3, -0.25) is 29.0 Å². The number of aliphatic imine (C=N–C) groups is 1. The Balaban J connectivity index is 1.84. The molecular weight excluding hydrogens is 738 g/mol. The summed E-state index contributed by atoms with van der Waals surface area (Å²) in [5.41, 5.74) is 18.0. The van der Waals surface area contributed by atoms with Gasteiger partial charge in [-0.1, -0.05) is 46.2 Å². The topological polar surface area (TPSA) is 313 Å². The number of aliphatic carboxylic acids is 1. The number of rotatable bonds is 22. The van der Waals surface area contributed by atoms with Crippen LogP contribution in [-0.2, 0) is 41.6 Å². The molecule has 3 rings (SSSR count). The zero-order chi connectivity index (χ0) is 42.2. The summed E-state index contributed by atoms with van der Waals surface area (Å²) in [6, 6.07) is -0.616. The minimum Gasteiger partial charge on any atom is -0.508 e. The predicted octanol–water partition coefficient (Wildman–Crippen LogP) is -0.612. The number of amides is 5. The fourth-order valence-electron chi connectivity index (χ4n) is 6.50. The number of likely N-dealkylation sites (tertiary alicyclic amines) is 1. The number of nitrogens with zero attached hydrogens (tertiary/aromatic N) is 3. The number of guanidine groups is 1. The van der Waals surface area contributed by atoms with Crippen molar-refractivity contribution in [1.82, 2.24) is 36.1 Å². The molecule has 1 fully saturated rings. The van der Waals surface area contributed by atoms with E-state index < -0.39 is 77.7 Å². The molecule has 5 amide bonds. The Morgan fingerprint density at radius 1 is 0.947 bits per heavy atom. The summed E-state index contributed by atoms with van der Waals surface area (Å²) in [5.74, 6) is -4.86. The van der Waals surface area contributed by atoms with E-state index in [9.17, 15) is 39.0 Å². The monoisotopic (exact) mass is 797 g/mol. The van der Waals surface area contributed by atoms with Crippen molar-refractivity contribution >= 4 is 41.5 Å². The van der Waals surface area contributed by atoms with Crippen LogP contribution in [0.25, 0.3) is 0 Å². The maximum atomic E-state index is 14.2. The van der Waals surface area contributed by atoms with Gasteiger partial charge in [0.25, 0.3) is 0 Å². The number of nitrogens with one attached hydrogen (secondary N) is 5. The van der Waals surface area contributed by atoms with Crippen LogP contribution in [0, 0.1) is 11.8 Å². The largest absolute Gasteiger partial charge is 0.508 e. The third kappa shape index (κ3) is 14.4. The van der Waals surface area contributed by atoms with Crippen molar-refractivity contribution in [3.05, 3.63) is 48.0 Å². The number of nitrogens with two attached hydrogens (primary N) is 3. The van der Waals surface area contributed by atoms with E-state index in [0.29, 0.717) is 30.5 Å².